The van der Waals surface area contributed by atoms with E-state index in [2.05, 4.69) is 12.1 Å². The summed E-state index contributed by atoms with van der Waals surface area (Å²) in [5, 5.41) is 22.0. The summed E-state index contributed by atoms with van der Waals surface area (Å²) in [6, 6.07) is 24.9. The lowest BCUT2D eigenvalue weighted by Gasteiger charge is -2.06. The van der Waals surface area contributed by atoms with Crippen LogP contribution in [-0.2, 0) is 14.1 Å². The Kier molecular flexibility index (Phi) is 5.23. The van der Waals surface area contributed by atoms with Gasteiger partial charge in [-0.15, -0.1) is 0 Å². The summed E-state index contributed by atoms with van der Waals surface area (Å²) in [5.74, 6) is 1.45. The molecule has 2 heterocycles. The summed E-state index contributed by atoms with van der Waals surface area (Å²) in [6.07, 6.45) is 0. The molecule has 0 saturated heterocycles. The Balaban J connectivity index is 1.38. The number of hydrogen-bond acceptors (Lipinski definition) is 6. The predicted octanol–water partition coefficient (Wildman–Crippen LogP) is 6.28. The predicted molar refractivity (Wildman–Crippen MR) is 145 cm³/mol. The first kappa shape index (κ1) is 23.0. The highest BCUT2D eigenvalue weighted by Gasteiger charge is 2.15. The Morgan fingerprint density at radius 2 is 0.895 bits per heavy atom. The Labute approximate surface area is 215 Å². The third kappa shape index (κ3) is 3.75. The Morgan fingerprint density at radius 3 is 1.24 bits per heavy atom. The summed E-state index contributed by atoms with van der Waals surface area (Å²) >= 11 is 0. The van der Waals surface area contributed by atoms with Crippen LogP contribution in [0.25, 0.3) is 56.0 Å². The van der Waals surface area contributed by atoms with Gasteiger partial charge in [0.15, 0.2) is 0 Å². The summed E-state index contributed by atoms with van der Waals surface area (Å²) in [7, 11) is 3.85. The number of aromatic nitrogens is 4. The van der Waals surface area contributed by atoms with Gasteiger partial charge in [0.2, 0.25) is 0 Å². The zero-order chi connectivity index (χ0) is 26.6. The number of nitro groups is 2. The molecule has 4 aromatic carbocycles. The van der Waals surface area contributed by atoms with Gasteiger partial charge < -0.3 is 9.13 Å². The van der Waals surface area contributed by atoms with Crippen LogP contribution >= 0.6 is 0 Å². The van der Waals surface area contributed by atoms with Gasteiger partial charge in [0.05, 0.1) is 31.9 Å². The molecule has 0 saturated carbocycles. The van der Waals surface area contributed by atoms with Crippen LogP contribution in [0.5, 0.6) is 0 Å². The smallest absolute Gasteiger partial charge is 0.269 e. The number of fused-ring (bicyclic) bond motifs is 2. The normalized spacial score (nSPS) is 11.3. The third-order valence-electron chi connectivity index (χ3n) is 6.77. The van der Waals surface area contributed by atoms with Crippen LogP contribution in [0.1, 0.15) is 0 Å². The number of rotatable bonds is 5. The van der Waals surface area contributed by atoms with Crippen molar-refractivity contribution in [3.63, 3.8) is 0 Å². The van der Waals surface area contributed by atoms with E-state index < -0.39 is 9.85 Å². The van der Waals surface area contributed by atoms with E-state index in [0.717, 1.165) is 56.0 Å². The van der Waals surface area contributed by atoms with Gasteiger partial charge in [-0.3, -0.25) is 20.2 Å². The molecule has 0 aliphatic rings. The van der Waals surface area contributed by atoms with Crippen LogP contribution in [0.2, 0.25) is 0 Å². The van der Waals surface area contributed by atoms with Crippen molar-refractivity contribution in [1.82, 2.24) is 19.1 Å². The zero-order valence-corrected chi connectivity index (χ0v) is 20.4. The van der Waals surface area contributed by atoms with E-state index in [1.165, 1.54) is 24.3 Å². The highest BCUT2D eigenvalue weighted by Crippen LogP contribution is 2.32. The van der Waals surface area contributed by atoms with Crippen molar-refractivity contribution in [2.45, 2.75) is 0 Å². The van der Waals surface area contributed by atoms with E-state index in [-0.39, 0.29) is 11.4 Å². The summed E-state index contributed by atoms with van der Waals surface area (Å²) in [5.41, 5.74) is 7.22. The molecular formula is C28H20N6O4. The maximum absolute atomic E-state index is 11.0. The number of nitrogens with zero attached hydrogens (tertiary/aromatic N) is 6. The van der Waals surface area contributed by atoms with Crippen molar-refractivity contribution in [3.8, 4) is 33.9 Å². The first-order valence-corrected chi connectivity index (χ1v) is 11.7. The second-order valence-corrected chi connectivity index (χ2v) is 9.00. The SMILES string of the molecule is Cn1c(-c2ccc([N+](=O)[O-])cc2)nc2ccc(-c3ccc4nc(-c5ccc([N+](=O)[O-])cc5)n(C)c4c3)cc21. The number of aryl methyl sites for hydroxylation is 2. The monoisotopic (exact) mass is 504 g/mol. The van der Waals surface area contributed by atoms with Gasteiger partial charge in [-0.25, -0.2) is 9.97 Å². The van der Waals surface area contributed by atoms with Crippen LogP contribution in [0.15, 0.2) is 84.9 Å². The average molecular weight is 505 g/mol. The van der Waals surface area contributed by atoms with Crippen LogP contribution in [-0.4, -0.2) is 28.9 Å². The fourth-order valence-electron chi connectivity index (χ4n) is 4.72. The van der Waals surface area contributed by atoms with Gasteiger partial charge in [0, 0.05) is 49.5 Å². The van der Waals surface area contributed by atoms with Crippen LogP contribution in [0, 0.1) is 20.2 Å². The molecule has 6 rings (SSSR count). The summed E-state index contributed by atoms with van der Waals surface area (Å²) in [4.78, 5) is 30.7. The molecule has 38 heavy (non-hydrogen) atoms. The maximum Gasteiger partial charge on any atom is 0.269 e. The molecule has 6 aromatic rings. The maximum atomic E-state index is 11.0. The molecule has 10 heteroatoms. The van der Waals surface area contributed by atoms with Crippen molar-refractivity contribution in [3.05, 3.63) is 105 Å². The van der Waals surface area contributed by atoms with Crippen molar-refractivity contribution in [2.24, 2.45) is 14.1 Å². The second-order valence-electron chi connectivity index (χ2n) is 9.00. The topological polar surface area (TPSA) is 122 Å². The second kappa shape index (κ2) is 8.63. The molecule has 0 unspecified atom stereocenters. The van der Waals surface area contributed by atoms with Gasteiger partial charge in [0.1, 0.15) is 11.6 Å². The van der Waals surface area contributed by atoms with Crippen LogP contribution in [0.3, 0.4) is 0 Å². The van der Waals surface area contributed by atoms with Gasteiger partial charge in [-0.1, -0.05) is 12.1 Å². The first-order valence-electron chi connectivity index (χ1n) is 11.7. The van der Waals surface area contributed by atoms with E-state index in [9.17, 15) is 20.2 Å². The molecular weight excluding hydrogens is 484 g/mol. The Hall–Kier alpha value is -5.38. The molecule has 0 spiro atoms. The van der Waals surface area contributed by atoms with Crippen molar-refractivity contribution < 1.29 is 9.85 Å². The summed E-state index contributed by atoms with van der Waals surface area (Å²) < 4.78 is 3.96. The number of hydrogen-bond donors (Lipinski definition) is 0. The average Bonchev–Trinajstić information content (AvgIpc) is 3.44. The molecule has 0 N–H and O–H groups in total. The minimum atomic E-state index is -0.418. The van der Waals surface area contributed by atoms with E-state index in [4.69, 9.17) is 9.97 Å². The lowest BCUT2D eigenvalue weighted by Crippen LogP contribution is -1.94. The molecule has 0 fully saturated rings. The van der Waals surface area contributed by atoms with Gasteiger partial charge in [-0.05, 0) is 59.7 Å². The zero-order valence-electron chi connectivity index (χ0n) is 20.4. The first-order chi connectivity index (χ1) is 18.3. The number of non-ortho nitro benzene ring substituents is 2. The standard InChI is InChI=1S/C28H20N6O4/c1-31-25-15-19(7-13-23(25)29-27(31)17-3-9-21(10-4-17)33(35)36)20-8-14-24-26(16-20)32(2)28(30-24)18-5-11-22(12-6-18)34(37)38/h3-16H,1-2H3. The Bertz CT molecular complexity index is 1750. The number of nitro benzene ring substituents is 2. The minimum absolute atomic E-state index is 0.0390. The molecule has 10 nitrogen and oxygen atoms in total. The van der Waals surface area contributed by atoms with Gasteiger partial charge in [0.25, 0.3) is 11.4 Å². The van der Waals surface area contributed by atoms with Crippen LogP contribution < -0.4 is 0 Å². The minimum Gasteiger partial charge on any atom is -0.327 e. The molecule has 0 aliphatic carbocycles. The van der Waals surface area contributed by atoms with Gasteiger partial charge >= 0.3 is 0 Å². The van der Waals surface area contributed by atoms with E-state index in [1.807, 2.05) is 47.5 Å². The molecule has 0 radical (unpaired) electrons. The number of imidazole rings is 2. The fourth-order valence-corrected chi connectivity index (χ4v) is 4.72. The molecule has 0 atom stereocenters. The molecule has 0 aliphatic heterocycles. The molecule has 186 valence electrons. The fraction of sp³-hybridized carbons (Fsp3) is 0.0714. The van der Waals surface area contributed by atoms with Crippen LogP contribution in [0.4, 0.5) is 11.4 Å². The highest BCUT2D eigenvalue weighted by atomic mass is 16.6. The largest absolute Gasteiger partial charge is 0.327 e. The van der Waals surface area contributed by atoms with Crippen molar-refractivity contribution >= 4 is 33.4 Å². The molecule has 0 amide bonds. The van der Waals surface area contributed by atoms with E-state index in [0.29, 0.717) is 0 Å². The molecule has 2 aromatic heterocycles. The highest BCUT2D eigenvalue weighted by molar-refractivity contribution is 5.89. The summed E-state index contributed by atoms with van der Waals surface area (Å²) in [6.45, 7) is 0. The molecule has 0 bridgehead atoms. The lowest BCUT2D eigenvalue weighted by molar-refractivity contribution is -0.385. The van der Waals surface area contributed by atoms with Crippen molar-refractivity contribution in [1.29, 1.82) is 0 Å². The van der Waals surface area contributed by atoms with E-state index >= 15 is 0 Å². The lowest BCUT2D eigenvalue weighted by atomic mass is 10.0. The van der Waals surface area contributed by atoms with Crippen molar-refractivity contribution in [2.75, 3.05) is 0 Å². The quantitative estimate of drug-likeness (QED) is 0.201. The third-order valence-corrected chi connectivity index (χ3v) is 6.77. The van der Waals surface area contributed by atoms with Gasteiger partial charge in [-0.2, -0.15) is 0 Å². The van der Waals surface area contributed by atoms with E-state index in [1.54, 1.807) is 24.3 Å². The Morgan fingerprint density at radius 1 is 0.553 bits per heavy atom. The number of benzene rings is 4.